The summed E-state index contributed by atoms with van der Waals surface area (Å²) in [6.07, 6.45) is -0.0662. The number of para-hydroxylation sites is 1. The molecule has 3 aromatic rings. The Labute approximate surface area is 165 Å². The molecule has 27 heavy (non-hydrogen) atoms. The van der Waals surface area contributed by atoms with Crippen molar-refractivity contribution in [1.29, 1.82) is 0 Å². The summed E-state index contributed by atoms with van der Waals surface area (Å²) < 4.78 is 32.7. The van der Waals surface area contributed by atoms with Gasteiger partial charge in [0.05, 0.1) is 17.0 Å². The molecule has 1 heterocycles. The van der Waals surface area contributed by atoms with Crippen LogP contribution in [-0.4, -0.2) is 19.4 Å². The molecule has 0 aliphatic carbocycles. The summed E-state index contributed by atoms with van der Waals surface area (Å²) in [4.78, 5) is 16.2. The number of aromatic nitrogens is 1. The van der Waals surface area contributed by atoms with Gasteiger partial charge in [0.25, 0.3) is 10.0 Å². The van der Waals surface area contributed by atoms with Crippen LogP contribution in [0.4, 0.5) is 5.13 Å². The van der Waals surface area contributed by atoms with E-state index >= 15 is 0 Å². The molecule has 0 radical (unpaired) electrons. The third kappa shape index (κ3) is 4.85. The number of benzene rings is 2. The zero-order chi connectivity index (χ0) is 19.4. The van der Waals surface area contributed by atoms with Gasteiger partial charge in [0.2, 0.25) is 0 Å². The Kier molecular flexibility index (Phi) is 5.79. The SMILES string of the molecule is Cc1c(Cl)cccc1S(=O)(=O)Nc1nc(CC(=O)Oc2ccccc2)cs1. The first kappa shape index (κ1) is 19.3. The molecular weight excluding hydrogens is 408 g/mol. The van der Waals surface area contributed by atoms with E-state index < -0.39 is 16.0 Å². The Morgan fingerprint density at radius 2 is 1.93 bits per heavy atom. The molecule has 0 aliphatic rings. The maximum atomic E-state index is 12.6. The molecule has 0 saturated carbocycles. The minimum Gasteiger partial charge on any atom is -0.426 e. The van der Waals surface area contributed by atoms with Gasteiger partial charge in [-0.15, -0.1) is 11.3 Å². The van der Waals surface area contributed by atoms with E-state index in [2.05, 4.69) is 9.71 Å². The van der Waals surface area contributed by atoms with Crippen LogP contribution in [0, 0.1) is 6.92 Å². The maximum Gasteiger partial charge on any atom is 0.317 e. The van der Waals surface area contributed by atoms with E-state index in [1.807, 2.05) is 6.07 Å². The van der Waals surface area contributed by atoms with E-state index in [4.69, 9.17) is 16.3 Å². The topological polar surface area (TPSA) is 85.4 Å². The van der Waals surface area contributed by atoms with Gasteiger partial charge in [-0.1, -0.05) is 35.9 Å². The molecule has 0 unspecified atom stereocenters. The predicted octanol–water partition coefficient (Wildman–Crippen LogP) is 4.05. The first-order valence-electron chi connectivity index (χ1n) is 7.83. The lowest BCUT2D eigenvalue weighted by Gasteiger charge is -2.09. The molecule has 0 aliphatic heterocycles. The number of ether oxygens (including phenoxy) is 1. The number of carbonyl (C=O) groups excluding carboxylic acids is 1. The van der Waals surface area contributed by atoms with Crippen molar-refractivity contribution in [2.24, 2.45) is 0 Å². The highest BCUT2D eigenvalue weighted by Crippen LogP contribution is 2.26. The summed E-state index contributed by atoms with van der Waals surface area (Å²) in [5.41, 5.74) is 0.872. The summed E-state index contributed by atoms with van der Waals surface area (Å²) in [7, 11) is -3.83. The highest BCUT2D eigenvalue weighted by molar-refractivity contribution is 7.93. The summed E-state index contributed by atoms with van der Waals surface area (Å²) in [5, 5.41) is 2.13. The van der Waals surface area contributed by atoms with Crippen molar-refractivity contribution in [2.75, 3.05) is 4.72 Å². The molecule has 0 atom stereocenters. The fraction of sp³-hybridized carbons (Fsp3) is 0.111. The number of halogens is 1. The molecule has 1 N–H and O–H groups in total. The number of carbonyl (C=O) groups is 1. The lowest BCUT2D eigenvalue weighted by Crippen LogP contribution is -2.15. The largest absolute Gasteiger partial charge is 0.426 e. The van der Waals surface area contributed by atoms with Gasteiger partial charge >= 0.3 is 5.97 Å². The molecule has 9 heteroatoms. The molecule has 0 bridgehead atoms. The Morgan fingerprint density at radius 1 is 1.19 bits per heavy atom. The number of rotatable bonds is 6. The predicted molar refractivity (Wildman–Crippen MR) is 105 cm³/mol. The van der Waals surface area contributed by atoms with Gasteiger partial charge in [0, 0.05) is 10.4 Å². The number of esters is 1. The fourth-order valence-electron chi connectivity index (χ4n) is 2.29. The zero-order valence-corrected chi connectivity index (χ0v) is 16.6. The number of hydrogen-bond acceptors (Lipinski definition) is 6. The molecule has 0 amide bonds. The average Bonchev–Trinajstić information content (AvgIpc) is 3.04. The standard InChI is InChI=1S/C18H15ClN2O4S2/c1-12-15(19)8-5-9-16(12)27(23,24)21-18-20-13(11-26-18)10-17(22)25-14-6-3-2-4-7-14/h2-9,11H,10H2,1H3,(H,20,21). The minimum atomic E-state index is -3.83. The molecule has 1 aromatic heterocycles. The number of anilines is 1. The Hall–Kier alpha value is -2.42. The van der Waals surface area contributed by atoms with E-state index in [1.165, 1.54) is 6.07 Å². The second-order valence-corrected chi connectivity index (χ2v) is 8.49. The Bertz CT molecular complexity index is 1070. The second kappa shape index (κ2) is 8.08. The summed E-state index contributed by atoms with van der Waals surface area (Å²) in [5.74, 6) is -0.0401. The minimum absolute atomic E-state index is 0.0662. The van der Waals surface area contributed by atoms with Crippen molar-refractivity contribution in [3.63, 3.8) is 0 Å². The molecular formula is C18H15ClN2O4S2. The number of sulfonamides is 1. The van der Waals surface area contributed by atoms with Gasteiger partial charge < -0.3 is 4.74 Å². The first-order chi connectivity index (χ1) is 12.8. The van der Waals surface area contributed by atoms with Crippen LogP contribution in [0.2, 0.25) is 5.02 Å². The number of nitrogens with zero attached hydrogens (tertiary/aromatic N) is 1. The normalized spacial score (nSPS) is 11.2. The van der Waals surface area contributed by atoms with Crippen molar-refractivity contribution in [3.05, 3.63) is 70.2 Å². The van der Waals surface area contributed by atoms with Crippen molar-refractivity contribution < 1.29 is 17.9 Å². The van der Waals surface area contributed by atoms with E-state index in [0.29, 0.717) is 22.0 Å². The fourth-order valence-corrected chi connectivity index (χ4v) is 4.75. The first-order valence-corrected chi connectivity index (χ1v) is 10.6. The molecule has 0 saturated heterocycles. The van der Waals surface area contributed by atoms with E-state index in [1.54, 1.807) is 48.7 Å². The van der Waals surface area contributed by atoms with Crippen LogP contribution in [0.15, 0.2) is 58.8 Å². The van der Waals surface area contributed by atoms with Gasteiger partial charge in [0.1, 0.15) is 5.75 Å². The van der Waals surface area contributed by atoms with Gasteiger partial charge in [-0.2, -0.15) is 0 Å². The quantitative estimate of drug-likeness (QED) is 0.478. The Morgan fingerprint density at radius 3 is 2.67 bits per heavy atom. The third-order valence-corrected chi connectivity index (χ3v) is 6.41. The highest BCUT2D eigenvalue weighted by Gasteiger charge is 2.20. The number of thiazole rings is 1. The van der Waals surface area contributed by atoms with Gasteiger partial charge in [-0.3, -0.25) is 9.52 Å². The lowest BCUT2D eigenvalue weighted by molar-refractivity contribution is -0.133. The van der Waals surface area contributed by atoms with Crippen LogP contribution in [0.25, 0.3) is 0 Å². The number of nitrogens with one attached hydrogen (secondary N) is 1. The van der Waals surface area contributed by atoms with Gasteiger partial charge in [-0.05, 0) is 36.8 Å². The van der Waals surface area contributed by atoms with Crippen LogP contribution < -0.4 is 9.46 Å². The molecule has 2 aromatic carbocycles. The highest BCUT2D eigenvalue weighted by atomic mass is 35.5. The third-order valence-electron chi connectivity index (χ3n) is 3.58. The van der Waals surface area contributed by atoms with Crippen LogP contribution in [0.5, 0.6) is 5.75 Å². The second-order valence-electron chi connectivity index (χ2n) is 5.58. The van der Waals surface area contributed by atoms with Crippen molar-refractivity contribution in [1.82, 2.24) is 4.98 Å². The molecule has 140 valence electrons. The van der Waals surface area contributed by atoms with Crippen LogP contribution in [-0.2, 0) is 21.2 Å². The average molecular weight is 423 g/mol. The molecule has 6 nitrogen and oxygen atoms in total. The van der Waals surface area contributed by atoms with Gasteiger partial charge in [0.15, 0.2) is 5.13 Å². The van der Waals surface area contributed by atoms with Crippen molar-refractivity contribution in [3.8, 4) is 5.75 Å². The Balaban J connectivity index is 1.69. The van der Waals surface area contributed by atoms with E-state index in [9.17, 15) is 13.2 Å². The molecule has 3 rings (SSSR count). The van der Waals surface area contributed by atoms with E-state index in [0.717, 1.165) is 11.3 Å². The molecule has 0 fully saturated rings. The van der Waals surface area contributed by atoms with E-state index in [-0.39, 0.29) is 16.4 Å². The molecule has 0 spiro atoms. The van der Waals surface area contributed by atoms with Crippen molar-refractivity contribution >= 4 is 44.1 Å². The maximum absolute atomic E-state index is 12.6. The lowest BCUT2D eigenvalue weighted by atomic mass is 10.2. The number of hydrogen-bond donors (Lipinski definition) is 1. The summed E-state index contributed by atoms with van der Waals surface area (Å²) in [6, 6.07) is 13.3. The van der Waals surface area contributed by atoms with Crippen LogP contribution >= 0.6 is 22.9 Å². The van der Waals surface area contributed by atoms with Gasteiger partial charge in [-0.25, -0.2) is 13.4 Å². The summed E-state index contributed by atoms with van der Waals surface area (Å²) in [6.45, 7) is 1.63. The summed E-state index contributed by atoms with van der Waals surface area (Å²) >= 11 is 7.08. The van der Waals surface area contributed by atoms with Crippen LogP contribution in [0.1, 0.15) is 11.3 Å². The monoisotopic (exact) mass is 422 g/mol. The van der Waals surface area contributed by atoms with Crippen LogP contribution in [0.3, 0.4) is 0 Å². The van der Waals surface area contributed by atoms with Crippen molar-refractivity contribution in [2.45, 2.75) is 18.2 Å². The zero-order valence-electron chi connectivity index (χ0n) is 14.2. The smallest absolute Gasteiger partial charge is 0.317 e.